The van der Waals surface area contributed by atoms with Crippen LogP contribution < -0.4 is 0 Å². The minimum absolute atomic E-state index is 0.0304. The predicted molar refractivity (Wildman–Crippen MR) is 95.5 cm³/mol. The van der Waals surface area contributed by atoms with Crippen LogP contribution >= 0.6 is 11.6 Å². The molecule has 1 saturated heterocycles. The monoisotopic (exact) mass is 399 g/mol. The van der Waals surface area contributed by atoms with Gasteiger partial charge in [0.25, 0.3) is 0 Å². The highest BCUT2D eigenvalue weighted by Gasteiger charge is 2.38. The lowest BCUT2D eigenvalue weighted by Crippen LogP contribution is -2.22. The molecule has 1 aliphatic carbocycles. The number of halogens is 4. The summed E-state index contributed by atoms with van der Waals surface area (Å²) < 4.78 is 47.5. The second kappa shape index (κ2) is 6.48. The van der Waals surface area contributed by atoms with Crippen LogP contribution in [0, 0.1) is 5.41 Å². The highest BCUT2D eigenvalue weighted by molar-refractivity contribution is 6.29. The van der Waals surface area contributed by atoms with Crippen molar-refractivity contribution in [1.29, 1.82) is 0 Å². The summed E-state index contributed by atoms with van der Waals surface area (Å²) in [5, 5.41) is 4.58. The summed E-state index contributed by atoms with van der Waals surface area (Å²) in [5.74, 6) is 0. The first-order chi connectivity index (χ1) is 12.6. The van der Waals surface area contributed by atoms with Gasteiger partial charge in [-0.1, -0.05) is 25.4 Å². The Morgan fingerprint density at radius 1 is 1.22 bits per heavy atom. The largest absolute Gasteiger partial charge is 0.433 e. The van der Waals surface area contributed by atoms with Gasteiger partial charge in [0.15, 0.2) is 6.23 Å². The van der Waals surface area contributed by atoms with Gasteiger partial charge in [-0.05, 0) is 49.7 Å². The lowest BCUT2D eigenvalue weighted by atomic mass is 9.90. The number of hydrogen-bond acceptors (Lipinski definition) is 3. The number of hydrogen-bond donors (Lipinski definition) is 0. The number of rotatable bonds is 2. The fraction of sp³-hybridized carbons (Fsp3) is 0.579. The smallest absolute Gasteiger partial charge is 0.356 e. The van der Waals surface area contributed by atoms with Crippen molar-refractivity contribution in [2.24, 2.45) is 5.41 Å². The van der Waals surface area contributed by atoms with E-state index < -0.39 is 11.9 Å². The van der Waals surface area contributed by atoms with Crippen LogP contribution in [-0.4, -0.2) is 21.4 Å². The van der Waals surface area contributed by atoms with Gasteiger partial charge in [0, 0.05) is 17.7 Å². The molecule has 8 heteroatoms. The van der Waals surface area contributed by atoms with E-state index in [0.29, 0.717) is 17.9 Å². The van der Waals surface area contributed by atoms with E-state index in [1.165, 1.54) is 6.07 Å². The molecule has 0 saturated carbocycles. The van der Waals surface area contributed by atoms with E-state index in [1.54, 1.807) is 4.68 Å². The lowest BCUT2D eigenvalue weighted by Gasteiger charge is -2.26. The van der Waals surface area contributed by atoms with Gasteiger partial charge in [-0.25, -0.2) is 9.67 Å². The number of fused-ring (bicyclic) bond motifs is 1. The molecule has 146 valence electrons. The van der Waals surface area contributed by atoms with E-state index in [2.05, 4.69) is 18.8 Å². The van der Waals surface area contributed by atoms with Crippen LogP contribution in [0.3, 0.4) is 0 Å². The fourth-order valence-corrected chi connectivity index (χ4v) is 4.26. The Bertz CT molecular complexity index is 870. The van der Waals surface area contributed by atoms with Crippen LogP contribution in [0.1, 0.15) is 56.3 Å². The maximum atomic E-state index is 13.3. The lowest BCUT2D eigenvalue weighted by molar-refractivity contribution is -0.141. The standard InChI is InChI=1S/C19H21ClF3N3O/c1-18(2)9-12-13(10-18)25-26(16-5-3-4-6-27-16)17(12)11-7-14(19(21,22)23)24-15(20)8-11/h7-8,16H,3-6,9-10H2,1-2H3. The molecule has 0 aromatic carbocycles. The minimum Gasteiger partial charge on any atom is -0.356 e. The predicted octanol–water partition coefficient (Wildman–Crippen LogP) is 5.44. The zero-order valence-corrected chi connectivity index (χ0v) is 16.0. The van der Waals surface area contributed by atoms with Crippen LogP contribution in [0.4, 0.5) is 13.2 Å². The Balaban J connectivity index is 1.88. The van der Waals surface area contributed by atoms with Gasteiger partial charge in [0.2, 0.25) is 0 Å². The van der Waals surface area contributed by atoms with Crippen LogP contribution in [0.2, 0.25) is 5.15 Å². The molecule has 0 amide bonds. The number of alkyl halides is 3. The van der Waals surface area contributed by atoms with Crippen molar-refractivity contribution in [3.05, 3.63) is 34.2 Å². The molecule has 3 heterocycles. The molecule has 0 N–H and O–H groups in total. The normalized spacial score (nSPS) is 22.1. The van der Waals surface area contributed by atoms with Crippen LogP contribution in [0.5, 0.6) is 0 Å². The van der Waals surface area contributed by atoms with Crippen molar-refractivity contribution in [2.45, 2.75) is 58.4 Å². The Kier molecular flexibility index (Phi) is 4.50. The van der Waals surface area contributed by atoms with Crippen molar-refractivity contribution in [3.63, 3.8) is 0 Å². The number of aromatic nitrogens is 3. The molecule has 27 heavy (non-hydrogen) atoms. The molecule has 1 aliphatic heterocycles. The summed E-state index contributed by atoms with van der Waals surface area (Å²) in [5.41, 5.74) is 2.03. The van der Waals surface area contributed by atoms with Crippen molar-refractivity contribution in [1.82, 2.24) is 14.8 Å². The molecular formula is C19H21ClF3N3O. The zero-order valence-electron chi connectivity index (χ0n) is 15.2. The molecule has 2 aromatic rings. The molecule has 1 unspecified atom stereocenters. The van der Waals surface area contributed by atoms with Crippen molar-refractivity contribution in [3.8, 4) is 11.3 Å². The summed E-state index contributed by atoms with van der Waals surface area (Å²) in [6.45, 7) is 4.91. The first-order valence-electron chi connectivity index (χ1n) is 9.11. The summed E-state index contributed by atoms with van der Waals surface area (Å²) in [6, 6.07) is 2.55. The topological polar surface area (TPSA) is 39.9 Å². The molecule has 2 aromatic heterocycles. The van der Waals surface area contributed by atoms with Crippen LogP contribution in [-0.2, 0) is 23.8 Å². The summed E-state index contributed by atoms with van der Waals surface area (Å²) in [7, 11) is 0. The third-order valence-electron chi connectivity index (χ3n) is 5.18. The SMILES string of the molecule is CC1(C)Cc2nn(C3CCCCO3)c(-c3cc(Cl)nc(C(F)(F)F)c3)c2C1. The summed E-state index contributed by atoms with van der Waals surface area (Å²) in [6.07, 6.45) is -0.491. The van der Waals surface area contributed by atoms with Gasteiger partial charge in [-0.3, -0.25) is 0 Å². The Labute approximate surface area is 160 Å². The molecule has 1 fully saturated rings. The molecule has 1 atom stereocenters. The number of pyridine rings is 1. The maximum Gasteiger partial charge on any atom is 0.433 e. The van der Waals surface area contributed by atoms with Gasteiger partial charge in [0.05, 0.1) is 11.4 Å². The molecular weight excluding hydrogens is 379 g/mol. The Morgan fingerprint density at radius 3 is 2.67 bits per heavy atom. The molecule has 2 aliphatic rings. The molecule has 0 spiro atoms. The van der Waals surface area contributed by atoms with Crippen molar-refractivity contribution < 1.29 is 17.9 Å². The Hall–Kier alpha value is -1.60. The second-order valence-corrected chi connectivity index (χ2v) is 8.51. The third-order valence-corrected chi connectivity index (χ3v) is 5.37. The number of nitrogens with zero attached hydrogens (tertiary/aromatic N) is 3. The molecule has 0 radical (unpaired) electrons. The quantitative estimate of drug-likeness (QED) is 0.631. The average Bonchev–Trinajstić information content (AvgIpc) is 3.05. The van der Waals surface area contributed by atoms with Crippen molar-refractivity contribution >= 4 is 11.6 Å². The van der Waals surface area contributed by atoms with E-state index in [4.69, 9.17) is 21.4 Å². The highest BCUT2D eigenvalue weighted by atomic mass is 35.5. The molecule has 0 bridgehead atoms. The maximum absolute atomic E-state index is 13.3. The zero-order chi connectivity index (χ0) is 19.4. The van der Waals surface area contributed by atoms with Gasteiger partial charge < -0.3 is 4.74 Å². The second-order valence-electron chi connectivity index (χ2n) is 8.12. The summed E-state index contributed by atoms with van der Waals surface area (Å²) in [4.78, 5) is 3.46. The molecule has 4 rings (SSSR count). The molecule has 4 nitrogen and oxygen atoms in total. The van der Waals surface area contributed by atoms with E-state index in [-0.39, 0.29) is 16.8 Å². The highest BCUT2D eigenvalue weighted by Crippen LogP contribution is 2.44. The third kappa shape index (κ3) is 3.59. The van der Waals surface area contributed by atoms with Gasteiger partial charge in [0.1, 0.15) is 10.8 Å². The first kappa shape index (κ1) is 18.7. The van der Waals surface area contributed by atoms with E-state index in [9.17, 15) is 13.2 Å². The van der Waals surface area contributed by atoms with Gasteiger partial charge >= 0.3 is 6.18 Å². The minimum atomic E-state index is -4.56. The fourth-order valence-electron chi connectivity index (χ4n) is 4.05. The van der Waals surface area contributed by atoms with Crippen molar-refractivity contribution in [2.75, 3.05) is 6.61 Å². The average molecular weight is 400 g/mol. The van der Waals surface area contributed by atoms with E-state index >= 15 is 0 Å². The number of ether oxygens (including phenoxy) is 1. The first-order valence-corrected chi connectivity index (χ1v) is 9.49. The Morgan fingerprint density at radius 2 is 2.00 bits per heavy atom. The van der Waals surface area contributed by atoms with E-state index in [1.807, 2.05) is 0 Å². The van der Waals surface area contributed by atoms with Gasteiger partial charge in [-0.15, -0.1) is 0 Å². The van der Waals surface area contributed by atoms with E-state index in [0.717, 1.165) is 49.4 Å². The summed E-state index contributed by atoms with van der Waals surface area (Å²) >= 11 is 5.95. The van der Waals surface area contributed by atoms with Crippen LogP contribution in [0.25, 0.3) is 11.3 Å². The van der Waals surface area contributed by atoms with Crippen LogP contribution in [0.15, 0.2) is 12.1 Å². The van der Waals surface area contributed by atoms with Gasteiger partial charge in [-0.2, -0.15) is 18.3 Å².